The van der Waals surface area contributed by atoms with Crippen molar-refractivity contribution in [2.24, 2.45) is 27.9 Å². The molecule has 3 aromatic rings. The topological polar surface area (TPSA) is 554 Å². The number of carboxylic acids is 6. The van der Waals surface area contributed by atoms with Crippen molar-refractivity contribution < 1.29 is 97.6 Å². The molecule has 20 N–H and O–H groups in total. The molecule has 8 rings (SSSR count). The Morgan fingerprint density at radius 1 is 0.419 bits per heavy atom. The number of carboxylic acid groups (broad SMARTS) is 6. The van der Waals surface area contributed by atoms with E-state index in [-0.39, 0.29) is 36.8 Å². The molecule has 0 saturated carbocycles. The minimum Gasteiger partial charge on any atom is -0.480 e. The first kappa shape index (κ1) is 98.1. The maximum atomic E-state index is 13.3. The van der Waals surface area contributed by atoms with Crippen molar-refractivity contribution in [3.63, 3.8) is 0 Å². The number of ether oxygens (including phenoxy) is 2. The van der Waals surface area contributed by atoms with Gasteiger partial charge in [0.05, 0.1) is 37.4 Å². The van der Waals surface area contributed by atoms with Crippen LogP contribution in [0, 0.1) is 0 Å². The van der Waals surface area contributed by atoms with Crippen molar-refractivity contribution in [2.45, 2.75) is 273 Å². The summed E-state index contributed by atoms with van der Waals surface area (Å²) in [5.41, 5.74) is 26.4. The molecule has 0 aliphatic carbocycles. The average Bonchev–Trinajstić information content (AvgIpc) is 1.70. The highest BCUT2D eigenvalue weighted by atomic mass is 16.5. The fourth-order valence-electron chi connectivity index (χ4n) is 15.0. The van der Waals surface area contributed by atoms with Crippen molar-refractivity contribution in [3.05, 3.63) is 95.5 Å². The number of amides is 4. The predicted molar refractivity (Wildman–Crippen MR) is 436 cm³/mol. The summed E-state index contributed by atoms with van der Waals surface area (Å²) in [5.74, 6) is -8.08. The molecular weight excluding hydrogens is 1510 g/mol. The lowest BCUT2D eigenvalue weighted by Crippen LogP contribution is -2.54. The van der Waals surface area contributed by atoms with E-state index >= 15 is 0 Å². The number of H-pyrrole nitrogens is 2. The van der Waals surface area contributed by atoms with Crippen LogP contribution < -0.4 is 44.2 Å². The van der Waals surface area contributed by atoms with Crippen LogP contribution in [0.25, 0.3) is 0 Å². The zero-order chi connectivity index (χ0) is 85.6. The van der Waals surface area contributed by atoms with Gasteiger partial charge in [-0.3, -0.25) is 64.6 Å². The number of unbranched alkanes of at least 4 members (excludes halogenated alkanes) is 4. The van der Waals surface area contributed by atoms with Gasteiger partial charge < -0.3 is 92.8 Å². The molecule has 4 saturated heterocycles. The molecule has 12 atom stereocenters. The molecule has 6 heterocycles. The van der Waals surface area contributed by atoms with Crippen molar-refractivity contribution in [1.82, 2.24) is 51.1 Å². The Bertz CT molecular complexity index is 3590. The lowest BCUT2D eigenvalue weighted by molar-refractivity contribution is -0.150. The molecule has 35 heteroatoms. The third kappa shape index (κ3) is 33.8. The first-order valence-corrected chi connectivity index (χ1v) is 41.6. The minimum atomic E-state index is -1.03. The fraction of sp³-hybridized carbons (Fsp3) is 0.646. The van der Waals surface area contributed by atoms with Crippen LogP contribution in [0.5, 0.6) is 0 Å². The predicted octanol–water partition coefficient (Wildman–Crippen LogP) is 4.06. The molecule has 1 aromatic heterocycles. The van der Waals surface area contributed by atoms with Crippen LogP contribution in [0.1, 0.15) is 198 Å². The molecule has 4 fully saturated rings. The van der Waals surface area contributed by atoms with E-state index in [0.29, 0.717) is 213 Å². The smallest absolute Gasteiger partial charge is 0.326 e. The van der Waals surface area contributed by atoms with E-state index in [1.165, 1.54) is 19.6 Å². The standard InChI is InChI=1S/C23H35N3O5.C21H34N4O5.C21H31N3O5.C17H29N5O5/c1-2-31-23(30)19(14-13-17-9-4-3-5-10-17)25-18(11-6-7-15-24)21(27)26-16-8-12-20(26)22(28)29;1-2-30-21(29)17(9-8-15-10-12-23-14-15)24-16(6-3-4-11-22)19(26)25-13-5-7-18(25)20(27)28;22-13-5-4-9-16(19(25)24-14-6-10-18(24)21(28)29)23-17(20(26)27)12-11-15-7-2-1-3-8-15;18-8-2-1-4-12(15(23)22-9-3-5-14(22)17(26)27)20-13(16(24)25)7-6-11-10-19-21-11/h3-5,9-10,18-20,25H,2,6-8,11-16,24H2,1H3,(H,28,29);12,14,16-18,24H,2-11,13,22H2,1H3,(H,27,28);1-3,7-8,16-18,23H,4-6,9-14,22H2,(H,26,27)(H,28,29);10,12-14,19-21H,1-9,18H2,(H,24,25)(H,26,27)/t18-,19-,20-;2*16-,17-,18-;12-,13-,14-/m0000/s1. The van der Waals surface area contributed by atoms with E-state index in [0.717, 1.165) is 48.1 Å². The van der Waals surface area contributed by atoms with Gasteiger partial charge in [0, 0.05) is 56.9 Å². The number of hydrogen-bond donors (Lipinski definition) is 16. The van der Waals surface area contributed by atoms with Gasteiger partial charge in [-0.05, 0) is 211 Å². The van der Waals surface area contributed by atoms with Gasteiger partial charge in [0.15, 0.2) is 0 Å². The van der Waals surface area contributed by atoms with Crippen LogP contribution in [-0.2, 0) is 86.3 Å². The highest BCUT2D eigenvalue weighted by Gasteiger charge is 2.43. The van der Waals surface area contributed by atoms with Gasteiger partial charge in [-0.25, -0.2) is 19.2 Å². The number of allylic oxidation sites excluding steroid dienone is 1. The molecule has 0 unspecified atom stereocenters. The molecule has 0 spiro atoms. The van der Waals surface area contributed by atoms with Gasteiger partial charge in [-0.15, -0.1) is 0 Å². The zero-order valence-electron chi connectivity index (χ0n) is 68.0. The summed E-state index contributed by atoms with van der Waals surface area (Å²) in [6.07, 6.45) is 22.0. The number of aliphatic carboxylic acids is 6. The van der Waals surface area contributed by atoms with Crippen molar-refractivity contribution in [3.8, 4) is 0 Å². The lowest BCUT2D eigenvalue weighted by Gasteiger charge is -2.30. The Labute approximate surface area is 684 Å². The number of benzene rings is 2. The molecular formula is C82H129N15O20. The van der Waals surface area contributed by atoms with Crippen LogP contribution in [-0.4, -0.2) is 276 Å². The van der Waals surface area contributed by atoms with Crippen LogP contribution >= 0.6 is 0 Å². The first-order valence-electron chi connectivity index (χ1n) is 41.6. The second-order valence-electron chi connectivity index (χ2n) is 29.9. The summed E-state index contributed by atoms with van der Waals surface area (Å²) < 4.78 is 10.5. The number of esters is 2. The van der Waals surface area contributed by atoms with Crippen LogP contribution in [0.15, 0.2) is 83.6 Å². The fourth-order valence-corrected chi connectivity index (χ4v) is 15.0. The highest BCUT2D eigenvalue weighted by Crippen LogP contribution is 2.26. The molecule has 5 aliphatic heterocycles. The SMILES string of the molecule is CCOC(=O)[C@H](CCC1=CN=CC1)N[C@@H](CCCCN)C(=O)N1CCC[C@H]1C(=O)O.CCOC(=O)[C@H](CCc1ccccc1)N[C@@H](CCCCN)C(=O)N1CCC[C@H]1C(=O)O.NCCCC[C@H](N[C@@H](CCc1c[nH][nH]1)C(=O)O)C(=O)N1CCC[C@H]1C(=O)O.NCCCC[C@H](N[C@@H](CCc1ccccc1)C(=O)O)C(=O)N1CCC[C@H]1C(=O)O. The molecule has 652 valence electrons. The van der Waals surface area contributed by atoms with E-state index in [9.17, 15) is 88.2 Å². The number of nitrogens with zero attached hydrogens (tertiary/aromatic N) is 5. The number of carbonyl (C=O) groups is 12. The number of aliphatic imine (C=N–C) groups is 1. The molecule has 117 heavy (non-hydrogen) atoms. The maximum absolute atomic E-state index is 13.3. The van der Waals surface area contributed by atoms with Gasteiger partial charge in [0.1, 0.15) is 48.3 Å². The van der Waals surface area contributed by atoms with Gasteiger partial charge in [0.25, 0.3) is 0 Å². The summed E-state index contributed by atoms with van der Waals surface area (Å²) in [6, 6.07) is 10.2. The van der Waals surface area contributed by atoms with Crippen LogP contribution in [0.4, 0.5) is 0 Å². The number of aryl methyl sites for hydroxylation is 3. The number of nitrogens with one attached hydrogen (secondary N) is 6. The Kier molecular flexibility index (Phi) is 45.7. The zero-order valence-corrected chi connectivity index (χ0v) is 68.0. The van der Waals surface area contributed by atoms with Crippen LogP contribution in [0.2, 0.25) is 0 Å². The number of hydrogen-bond acceptors (Lipinski definition) is 23. The second kappa shape index (κ2) is 54.5. The molecule has 0 bridgehead atoms. The minimum absolute atomic E-state index is 0.251. The Morgan fingerprint density at radius 2 is 0.718 bits per heavy atom. The van der Waals surface area contributed by atoms with Gasteiger partial charge in [0.2, 0.25) is 23.6 Å². The normalized spacial score (nSPS) is 18.9. The number of aromatic amines is 2. The van der Waals surface area contributed by atoms with Crippen LogP contribution in [0.3, 0.4) is 0 Å². The van der Waals surface area contributed by atoms with E-state index in [1.54, 1.807) is 26.2 Å². The molecule has 5 aliphatic rings. The van der Waals surface area contributed by atoms with Crippen molar-refractivity contribution in [1.29, 1.82) is 0 Å². The van der Waals surface area contributed by atoms with E-state index in [2.05, 4.69) is 36.5 Å². The maximum Gasteiger partial charge on any atom is 0.326 e. The van der Waals surface area contributed by atoms with E-state index in [1.807, 2.05) is 66.9 Å². The Morgan fingerprint density at radius 3 is 0.983 bits per heavy atom. The van der Waals surface area contributed by atoms with Crippen molar-refractivity contribution >= 4 is 77.6 Å². The largest absolute Gasteiger partial charge is 0.480 e. The number of aromatic nitrogens is 2. The lowest BCUT2D eigenvalue weighted by atomic mass is 10.0. The number of likely N-dealkylation sites (tertiary alicyclic amines) is 4. The van der Waals surface area contributed by atoms with E-state index in [4.69, 9.17) is 32.4 Å². The molecule has 0 radical (unpaired) electrons. The monoisotopic (exact) mass is 1640 g/mol. The summed E-state index contributed by atoms with van der Waals surface area (Å²) in [4.78, 5) is 157. The van der Waals surface area contributed by atoms with E-state index < -0.39 is 120 Å². The highest BCUT2D eigenvalue weighted by molar-refractivity contribution is 5.91. The van der Waals surface area contributed by atoms with Gasteiger partial charge >= 0.3 is 47.8 Å². The number of carbonyl (C=O) groups excluding carboxylic acids is 6. The number of rotatable bonds is 50. The summed E-state index contributed by atoms with van der Waals surface area (Å²) in [7, 11) is 0. The average molecular weight is 1650 g/mol. The first-order chi connectivity index (χ1) is 56.3. The molecule has 2 aromatic carbocycles. The Hall–Kier alpha value is -9.49. The van der Waals surface area contributed by atoms with Crippen molar-refractivity contribution in [2.75, 3.05) is 65.6 Å². The third-order valence-electron chi connectivity index (χ3n) is 21.4. The quantitative estimate of drug-likeness (QED) is 0.0280. The summed E-state index contributed by atoms with van der Waals surface area (Å²) in [5, 5.41) is 74.8. The second-order valence-corrected chi connectivity index (χ2v) is 29.9. The van der Waals surface area contributed by atoms with Gasteiger partial charge in [-0.2, -0.15) is 0 Å². The Balaban J connectivity index is 0.000000278. The van der Waals surface area contributed by atoms with Gasteiger partial charge in [-0.1, -0.05) is 86.3 Å². The molecule has 35 nitrogen and oxygen atoms in total. The number of nitrogens with two attached hydrogens (primary N) is 4. The summed E-state index contributed by atoms with van der Waals surface area (Å²) in [6.45, 7) is 7.58. The summed E-state index contributed by atoms with van der Waals surface area (Å²) >= 11 is 0. The third-order valence-corrected chi connectivity index (χ3v) is 21.4. The molecule has 4 amide bonds.